The third kappa shape index (κ3) is 8.15. The fraction of sp³-hybridized carbons (Fsp3) is 0.613. The maximum atomic E-state index is 13.8. The van der Waals surface area contributed by atoms with Gasteiger partial charge in [0.15, 0.2) is 0 Å². The van der Waals surface area contributed by atoms with Crippen molar-refractivity contribution in [1.82, 2.24) is 25.4 Å². The minimum Gasteiger partial charge on any atom is -0.391 e. The zero-order valence-electron chi connectivity index (χ0n) is 25.3. The summed E-state index contributed by atoms with van der Waals surface area (Å²) in [7, 11) is 0. The standard InChI is InChI=1S/C31H46N6O4S/c1-20-27(42-19-35-20)22-9-7-21(8-10-22)17-34-29(40)25-16-24(38)18-37(25)30(41)28(31(2,3)4)33-13-5-6-26(39)36-14-11-23(32)12-15-36/h7-10,19,23-25,28,33,38H,5-6,11-18,32H2,1-4H3,(H,34,40)/t24?,25?,28-/m1/s1. The average Bonchev–Trinajstić information content (AvgIpc) is 3.56. The maximum Gasteiger partial charge on any atom is 0.243 e. The van der Waals surface area contributed by atoms with Gasteiger partial charge >= 0.3 is 0 Å². The van der Waals surface area contributed by atoms with Gasteiger partial charge in [0, 0.05) is 45.1 Å². The second kappa shape index (κ2) is 14.1. The average molecular weight is 599 g/mol. The molecule has 5 N–H and O–H groups in total. The normalized spacial score (nSPS) is 20.5. The Morgan fingerprint density at radius 3 is 2.48 bits per heavy atom. The van der Waals surface area contributed by atoms with Crippen LogP contribution < -0.4 is 16.4 Å². The van der Waals surface area contributed by atoms with Crippen LogP contribution in [0.3, 0.4) is 0 Å². The quantitative estimate of drug-likeness (QED) is 0.308. The van der Waals surface area contributed by atoms with Gasteiger partial charge in [-0.05, 0) is 49.3 Å². The molecule has 2 unspecified atom stereocenters. The van der Waals surface area contributed by atoms with Gasteiger partial charge in [0.25, 0.3) is 0 Å². The largest absolute Gasteiger partial charge is 0.391 e. The van der Waals surface area contributed by atoms with Gasteiger partial charge < -0.3 is 31.3 Å². The van der Waals surface area contributed by atoms with Crippen LogP contribution >= 0.6 is 11.3 Å². The number of aromatic nitrogens is 1. The van der Waals surface area contributed by atoms with Crippen LogP contribution in [0.15, 0.2) is 29.8 Å². The van der Waals surface area contributed by atoms with Crippen LogP contribution in [0.4, 0.5) is 0 Å². The number of likely N-dealkylation sites (tertiary alicyclic amines) is 2. The molecule has 42 heavy (non-hydrogen) atoms. The van der Waals surface area contributed by atoms with E-state index < -0.39 is 23.6 Å². The molecule has 0 spiro atoms. The number of nitrogens with zero attached hydrogens (tertiary/aromatic N) is 3. The second-order valence-electron chi connectivity index (χ2n) is 12.7. The van der Waals surface area contributed by atoms with Crippen LogP contribution in [-0.2, 0) is 20.9 Å². The van der Waals surface area contributed by atoms with Crippen LogP contribution in [0.1, 0.15) is 64.1 Å². The highest BCUT2D eigenvalue weighted by atomic mass is 32.1. The van der Waals surface area contributed by atoms with E-state index in [2.05, 4.69) is 15.6 Å². The van der Waals surface area contributed by atoms with Crippen molar-refractivity contribution >= 4 is 29.1 Å². The molecular formula is C31H46N6O4S. The van der Waals surface area contributed by atoms with E-state index in [1.807, 2.05) is 62.4 Å². The first-order valence-corrected chi connectivity index (χ1v) is 15.8. The molecule has 0 saturated carbocycles. The number of carbonyl (C=O) groups is 3. The number of hydrogen-bond acceptors (Lipinski definition) is 8. The van der Waals surface area contributed by atoms with E-state index in [0.717, 1.165) is 34.5 Å². The topological polar surface area (TPSA) is 141 Å². The van der Waals surface area contributed by atoms with Crippen molar-refractivity contribution in [3.05, 3.63) is 41.0 Å². The highest BCUT2D eigenvalue weighted by molar-refractivity contribution is 7.13. The molecule has 4 rings (SSSR count). The van der Waals surface area contributed by atoms with Crippen LogP contribution in [0.2, 0.25) is 0 Å². The number of piperidine rings is 1. The summed E-state index contributed by atoms with van der Waals surface area (Å²) in [5, 5.41) is 16.8. The van der Waals surface area contributed by atoms with Gasteiger partial charge in [-0.1, -0.05) is 45.0 Å². The maximum absolute atomic E-state index is 13.8. The Labute approximate surface area is 253 Å². The summed E-state index contributed by atoms with van der Waals surface area (Å²) in [5.41, 5.74) is 10.4. The first-order chi connectivity index (χ1) is 19.9. The predicted octanol–water partition coefficient (Wildman–Crippen LogP) is 2.43. The highest BCUT2D eigenvalue weighted by Crippen LogP contribution is 2.28. The molecule has 1 aromatic heterocycles. The van der Waals surface area contributed by atoms with Crippen LogP contribution in [-0.4, -0.2) is 88.0 Å². The van der Waals surface area contributed by atoms with Crippen molar-refractivity contribution in [3.63, 3.8) is 0 Å². The van der Waals surface area contributed by atoms with Gasteiger partial charge in [0.05, 0.1) is 28.2 Å². The number of amides is 3. The molecule has 0 radical (unpaired) electrons. The number of rotatable bonds is 10. The molecule has 0 bridgehead atoms. The molecule has 2 aliphatic rings. The Bertz CT molecular complexity index is 1220. The Balaban J connectivity index is 1.31. The molecule has 3 atom stereocenters. The first-order valence-electron chi connectivity index (χ1n) is 15.0. The summed E-state index contributed by atoms with van der Waals surface area (Å²) >= 11 is 1.60. The molecule has 2 fully saturated rings. The summed E-state index contributed by atoms with van der Waals surface area (Å²) in [6.07, 6.45) is 2.12. The molecule has 2 aromatic rings. The van der Waals surface area contributed by atoms with Crippen LogP contribution in [0.5, 0.6) is 0 Å². The minimum atomic E-state index is -0.762. The van der Waals surface area contributed by atoms with E-state index in [1.165, 1.54) is 4.90 Å². The van der Waals surface area contributed by atoms with Crippen molar-refractivity contribution in [2.45, 2.75) is 90.6 Å². The van der Waals surface area contributed by atoms with Crippen molar-refractivity contribution < 1.29 is 19.5 Å². The molecule has 3 amide bonds. The minimum absolute atomic E-state index is 0.115. The number of aliphatic hydroxyl groups is 1. The lowest BCUT2D eigenvalue weighted by Gasteiger charge is -2.35. The summed E-state index contributed by atoms with van der Waals surface area (Å²) in [6.45, 7) is 10.3. The highest BCUT2D eigenvalue weighted by Gasteiger charge is 2.43. The molecule has 0 aliphatic carbocycles. The zero-order valence-corrected chi connectivity index (χ0v) is 26.1. The van der Waals surface area contributed by atoms with E-state index in [4.69, 9.17) is 5.73 Å². The number of aryl methyl sites for hydroxylation is 1. The first kappa shape index (κ1) is 32.1. The van der Waals surface area contributed by atoms with E-state index in [9.17, 15) is 19.5 Å². The van der Waals surface area contributed by atoms with Gasteiger partial charge in [-0.2, -0.15) is 0 Å². The molecule has 11 heteroatoms. The molecule has 3 heterocycles. The number of hydrogen-bond donors (Lipinski definition) is 4. The molecule has 1 aromatic carbocycles. The lowest BCUT2D eigenvalue weighted by atomic mass is 9.85. The lowest BCUT2D eigenvalue weighted by Crippen LogP contribution is -2.56. The molecule has 2 saturated heterocycles. The zero-order chi connectivity index (χ0) is 30.4. The lowest BCUT2D eigenvalue weighted by molar-refractivity contribution is -0.142. The Kier molecular flexibility index (Phi) is 10.7. The summed E-state index contributed by atoms with van der Waals surface area (Å²) in [4.78, 5) is 48.5. The summed E-state index contributed by atoms with van der Waals surface area (Å²) < 4.78 is 0. The van der Waals surface area contributed by atoms with E-state index in [-0.39, 0.29) is 36.7 Å². The number of nitrogens with two attached hydrogens (primary N) is 1. The fourth-order valence-electron chi connectivity index (χ4n) is 5.69. The number of β-amino-alcohol motifs (C(OH)–C–C–N with tert-alkyl or cyclic N) is 1. The molecule has 230 valence electrons. The Morgan fingerprint density at radius 1 is 1.17 bits per heavy atom. The summed E-state index contributed by atoms with van der Waals surface area (Å²) in [5.74, 6) is -0.364. The molecule has 2 aliphatic heterocycles. The third-order valence-electron chi connectivity index (χ3n) is 8.21. The van der Waals surface area contributed by atoms with Gasteiger partial charge in [-0.15, -0.1) is 11.3 Å². The predicted molar refractivity (Wildman–Crippen MR) is 165 cm³/mol. The van der Waals surface area contributed by atoms with E-state index >= 15 is 0 Å². The number of thiazole rings is 1. The van der Waals surface area contributed by atoms with Crippen molar-refractivity contribution in [3.8, 4) is 10.4 Å². The van der Waals surface area contributed by atoms with Gasteiger partial charge in [-0.25, -0.2) is 4.98 Å². The SMILES string of the molecule is Cc1ncsc1-c1ccc(CNC(=O)C2CC(O)CN2C(=O)[C@@H](NCCCC(=O)N2CCC(N)CC2)C(C)(C)C)cc1. The van der Waals surface area contributed by atoms with Crippen molar-refractivity contribution in [1.29, 1.82) is 0 Å². The van der Waals surface area contributed by atoms with Gasteiger partial charge in [0.1, 0.15) is 6.04 Å². The smallest absolute Gasteiger partial charge is 0.243 e. The van der Waals surface area contributed by atoms with E-state index in [1.54, 1.807) is 11.3 Å². The third-order valence-corrected chi connectivity index (χ3v) is 9.19. The van der Waals surface area contributed by atoms with Crippen molar-refractivity contribution in [2.24, 2.45) is 11.1 Å². The molecular weight excluding hydrogens is 552 g/mol. The number of nitrogens with one attached hydrogen (secondary N) is 2. The Morgan fingerprint density at radius 2 is 1.86 bits per heavy atom. The Hall–Kier alpha value is -2.86. The van der Waals surface area contributed by atoms with Gasteiger partial charge in [0.2, 0.25) is 17.7 Å². The number of aliphatic hydroxyl groups excluding tert-OH is 1. The van der Waals surface area contributed by atoms with Gasteiger partial charge in [-0.3, -0.25) is 14.4 Å². The second-order valence-corrected chi connectivity index (χ2v) is 13.5. The summed E-state index contributed by atoms with van der Waals surface area (Å²) in [6, 6.07) is 6.86. The van der Waals surface area contributed by atoms with Crippen molar-refractivity contribution in [2.75, 3.05) is 26.2 Å². The van der Waals surface area contributed by atoms with E-state index in [0.29, 0.717) is 39.0 Å². The fourth-order valence-corrected chi connectivity index (χ4v) is 6.50. The van der Waals surface area contributed by atoms with Crippen LogP contribution in [0, 0.1) is 12.3 Å². The monoisotopic (exact) mass is 598 g/mol. The number of carbonyl (C=O) groups excluding carboxylic acids is 3. The molecule has 10 nitrogen and oxygen atoms in total. The number of benzene rings is 1. The van der Waals surface area contributed by atoms with Crippen LogP contribution in [0.25, 0.3) is 10.4 Å².